The molecule has 1 aromatic rings. The fourth-order valence-corrected chi connectivity index (χ4v) is 2.97. The third-order valence-corrected chi connectivity index (χ3v) is 4.07. The summed E-state index contributed by atoms with van der Waals surface area (Å²) in [6.45, 7) is 7.60. The molecule has 2 aliphatic rings. The SMILES string of the molecule is C=C[C@@]1(CO)O[C@@H]2OC(C)(C)O[C@@H]2[C@H]1OCc1ccccc1. The van der Waals surface area contributed by atoms with Crippen molar-refractivity contribution in [3.05, 3.63) is 48.6 Å². The number of aliphatic hydroxyl groups excluding tert-OH is 1. The Balaban J connectivity index is 1.79. The molecule has 0 saturated carbocycles. The van der Waals surface area contributed by atoms with Crippen LogP contribution in [0, 0.1) is 0 Å². The fourth-order valence-electron chi connectivity index (χ4n) is 2.97. The molecule has 0 unspecified atom stereocenters. The van der Waals surface area contributed by atoms with Gasteiger partial charge in [0.15, 0.2) is 12.1 Å². The highest BCUT2D eigenvalue weighted by Gasteiger charge is 2.61. The molecule has 1 aromatic carbocycles. The summed E-state index contributed by atoms with van der Waals surface area (Å²) >= 11 is 0. The molecular formula is C17H22O5. The van der Waals surface area contributed by atoms with Crippen LogP contribution in [-0.2, 0) is 25.6 Å². The molecule has 0 aromatic heterocycles. The molecule has 0 radical (unpaired) electrons. The molecule has 2 aliphatic heterocycles. The Morgan fingerprint density at radius 3 is 2.59 bits per heavy atom. The van der Waals surface area contributed by atoms with Crippen molar-refractivity contribution in [1.29, 1.82) is 0 Å². The van der Waals surface area contributed by atoms with Gasteiger partial charge in [-0.25, -0.2) is 0 Å². The summed E-state index contributed by atoms with van der Waals surface area (Å²) in [4.78, 5) is 0. The smallest absolute Gasteiger partial charge is 0.191 e. The van der Waals surface area contributed by atoms with Crippen LogP contribution in [0.1, 0.15) is 19.4 Å². The number of ether oxygens (including phenoxy) is 4. The Hall–Kier alpha value is -1.24. The quantitative estimate of drug-likeness (QED) is 0.843. The van der Waals surface area contributed by atoms with Gasteiger partial charge in [0.1, 0.15) is 17.8 Å². The summed E-state index contributed by atoms with van der Waals surface area (Å²) in [6.07, 6.45) is 0.118. The lowest BCUT2D eigenvalue weighted by molar-refractivity contribution is -0.240. The first-order valence-electron chi connectivity index (χ1n) is 7.43. The van der Waals surface area contributed by atoms with Gasteiger partial charge in [0.25, 0.3) is 0 Å². The van der Waals surface area contributed by atoms with E-state index in [1.165, 1.54) is 0 Å². The van der Waals surface area contributed by atoms with E-state index < -0.39 is 29.9 Å². The summed E-state index contributed by atoms with van der Waals surface area (Å²) in [5, 5.41) is 9.78. The van der Waals surface area contributed by atoms with E-state index in [1.54, 1.807) is 6.08 Å². The molecule has 120 valence electrons. The third-order valence-electron chi connectivity index (χ3n) is 4.07. The van der Waals surface area contributed by atoms with Crippen molar-refractivity contribution in [2.24, 2.45) is 0 Å². The average Bonchev–Trinajstić information content (AvgIpc) is 2.95. The average molecular weight is 306 g/mol. The van der Waals surface area contributed by atoms with Crippen LogP contribution in [0.4, 0.5) is 0 Å². The zero-order valence-corrected chi connectivity index (χ0v) is 12.9. The Morgan fingerprint density at radius 2 is 1.95 bits per heavy atom. The van der Waals surface area contributed by atoms with E-state index in [-0.39, 0.29) is 6.61 Å². The van der Waals surface area contributed by atoms with Gasteiger partial charge in [0.2, 0.25) is 0 Å². The molecule has 2 fully saturated rings. The minimum absolute atomic E-state index is 0.240. The molecule has 0 spiro atoms. The van der Waals surface area contributed by atoms with E-state index in [2.05, 4.69) is 6.58 Å². The fraction of sp³-hybridized carbons (Fsp3) is 0.529. The van der Waals surface area contributed by atoms with E-state index in [1.807, 2.05) is 44.2 Å². The highest BCUT2D eigenvalue weighted by molar-refractivity contribution is 5.16. The number of rotatable bonds is 5. The van der Waals surface area contributed by atoms with Gasteiger partial charge < -0.3 is 24.1 Å². The topological polar surface area (TPSA) is 57.2 Å². The largest absolute Gasteiger partial charge is 0.393 e. The second-order valence-electron chi connectivity index (χ2n) is 6.12. The molecular weight excluding hydrogens is 284 g/mol. The van der Waals surface area contributed by atoms with Gasteiger partial charge in [-0.1, -0.05) is 36.4 Å². The van der Waals surface area contributed by atoms with Crippen LogP contribution in [-0.4, -0.2) is 41.6 Å². The van der Waals surface area contributed by atoms with Gasteiger partial charge in [-0.3, -0.25) is 0 Å². The predicted octanol–water partition coefficient (Wildman–Crippen LogP) is 2.00. The molecule has 5 nitrogen and oxygen atoms in total. The van der Waals surface area contributed by atoms with Gasteiger partial charge in [0.05, 0.1) is 13.2 Å². The molecule has 0 aliphatic carbocycles. The Bertz CT molecular complexity index is 529. The first-order chi connectivity index (χ1) is 10.5. The van der Waals surface area contributed by atoms with Crippen LogP contribution in [0.2, 0.25) is 0 Å². The lowest BCUT2D eigenvalue weighted by Gasteiger charge is -2.32. The van der Waals surface area contributed by atoms with Crippen molar-refractivity contribution >= 4 is 0 Å². The van der Waals surface area contributed by atoms with Crippen molar-refractivity contribution in [3.8, 4) is 0 Å². The summed E-state index contributed by atoms with van der Waals surface area (Å²) < 4.78 is 23.5. The molecule has 4 atom stereocenters. The second-order valence-corrected chi connectivity index (χ2v) is 6.12. The summed E-state index contributed by atoms with van der Waals surface area (Å²) in [6, 6.07) is 9.83. The molecule has 2 saturated heterocycles. The maximum absolute atomic E-state index is 9.78. The van der Waals surface area contributed by atoms with Gasteiger partial charge in [-0.15, -0.1) is 6.58 Å². The van der Waals surface area contributed by atoms with Crippen molar-refractivity contribution in [3.63, 3.8) is 0 Å². The number of benzene rings is 1. The Kier molecular flexibility index (Phi) is 4.09. The van der Waals surface area contributed by atoms with Crippen molar-refractivity contribution < 1.29 is 24.1 Å². The van der Waals surface area contributed by atoms with Crippen LogP contribution in [0.15, 0.2) is 43.0 Å². The van der Waals surface area contributed by atoms with E-state index in [0.717, 1.165) is 5.56 Å². The van der Waals surface area contributed by atoms with Crippen LogP contribution in [0.25, 0.3) is 0 Å². The molecule has 2 heterocycles. The minimum Gasteiger partial charge on any atom is -0.393 e. The predicted molar refractivity (Wildman–Crippen MR) is 79.9 cm³/mol. The molecule has 0 amide bonds. The molecule has 5 heteroatoms. The summed E-state index contributed by atoms with van der Waals surface area (Å²) in [5.74, 6) is -0.730. The first-order valence-corrected chi connectivity index (χ1v) is 7.43. The molecule has 22 heavy (non-hydrogen) atoms. The maximum Gasteiger partial charge on any atom is 0.191 e. The highest BCUT2D eigenvalue weighted by atomic mass is 16.8. The number of hydrogen-bond acceptors (Lipinski definition) is 5. The van der Waals surface area contributed by atoms with E-state index in [4.69, 9.17) is 18.9 Å². The van der Waals surface area contributed by atoms with E-state index in [0.29, 0.717) is 6.61 Å². The van der Waals surface area contributed by atoms with E-state index in [9.17, 15) is 5.11 Å². The number of fused-ring (bicyclic) bond motifs is 1. The monoisotopic (exact) mass is 306 g/mol. The van der Waals surface area contributed by atoms with Crippen LogP contribution < -0.4 is 0 Å². The van der Waals surface area contributed by atoms with Crippen molar-refractivity contribution in [2.75, 3.05) is 6.61 Å². The Labute approximate surface area is 130 Å². The zero-order chi connectivity index (χ0) is 15.8. The lowest BCUT2D eigenvalue weighted by Crippen LogP contribution is -2.47. The van der Waals surface area contributed by atoms with Gasteiger partial charge in [-0.2, -0.15) is 0 Å². The van der Waals surface area contributed by atoms with Crippen LogP contribution >= 0.6 is 0 Å². The first kappa shape index (κ1) is 15.6. The second kappa shape index (κ2) is 5.76. The van der Waals surface area contributed by atoms with Crippen LogP contribution in [0.5, 0.6) is 0 Å². The number of aliphatic hydroxyl groups is 1. The normalized spacial score (nSPS) is 36.2. The van der Waals surface area contributed by atoms with Crippen molar-refractivity contribution in [2.45, 2.75) is 50.3 Å². The Morgan fingerprint density at radius 1 is 1.23 bits per heavy atom. The van der Waals surface area contributed by atoms with E-state index >= 15 is 0 Å². The molecule has 1 N–H and O–H groups in total. The standard InChI is InChI=1S/C17H22O5/c1-4-17(11-18)14(19-10-12-8-6-5-7-9-12)13-15(22-17)21-16(2,3)20-13/h4-9,13-15,18H,1,10-11H2,2-3H3/t13-,14-,15+,17+/m1/s1. The number of hydrogen-bond donors (Lipinski definition) is 1. The van der Waals surface area contributed by atoms with Crippen molar-refractivity contribution in [1.82, 2.24) is 0 Å². The third kappa shape index (κ3) is 2.71. The molecule has 0 bridgehead atoms. The minimum atomic E-state index is -1.01. The van der Waals surface area contributed by atoms with Gasteiger partial charge >= 0.3 is 0 Å². The zero-order valence-electron chi connectivity index (χ0n) is 12.9. The lowest BCUT2D eigenvalue weighted by atomic mass is 9.96. The van der Waals surface area contributed by atoms with Gasteiger partial charge in [0, 0.05) is 0 Å². The maximum atomic E-state index is 9.78. The highest BCUT2D eigenvalue weighted by Crippen LogP contribution is 2.44. The summed E-state index contributed by atoms with van der Waals surface area (Å²) in [5.41, 5.74) is 0.0284. The van der Waals surface area contributed by atoms with Gasteiger partial charge in [-0.05, 0) is 19.4 Å². The summed E-state index contributed by atoms with van der Waals surface area (Å²) in [7, 11) is 0. The molecule has 3 rings (SSSR count). The van der Waals surface area contributed by atoms with Crippen LogP contribution in [0.3, 0.4) is 0 Å².